The number of allylic oxidation sites excluding steroid dienone is 4. The van der Waals surface area contributed by atoms with E-state index >= 15 is 0 Å². The molecular formula is C24H21N2O7S3-. The van der Waals surface area contributed by atoms with E-state index in [9.17, 15) is 22.6 Å². The van der Waals surface area contributed by atoms with E-state index in [1.807, 2.05) is 41.3 Å². The zero-order valence-corrected chi connectivity index (χ0v) is 21.5. The van der Waals surface area contributed by atoms with Crippen molar-refractivity contribution in [2.45, 2.75) is 13.3 Å². The Labute approximate surface area is 217 Å². The number of ether oxygens (including phenoxy) is 1. The van der Waals surface area contributed by atoms with Crippen molar-refractivity contribution in [2.24, 2.45) is 0 Å². The molecule has 0 unspecified atom stereocenters. The van der Waals surface area contributed by atoms with Gasteiger partial charge in [0.05, 0.1) is 20.7 Å². The molecule has 2 heterocycles. The summed E-state index contributed by atoms with van der Waals surface area (Å²) < 4.78 is 39.7. The number of carbonyl (C=O) groups is 2. The minimum absolute atomic E-state index is 0.115. The van der Waals surface area contributed by atoms with Gasteiger partial charge >= 0.3 is 5.97 Å². The molecule has 2 aliphatic heterocycles. The molecule has 12 heteroatoms. The second-order valence-corrected chi connectivity index (χ2v) is 11.3. The first kappa shape index (κ1) is 25.9. The van der Waals surface area contributed by atoms with E-state index in [1.165, 1.54) is 0 Å². The van der Waals surface area contributed by atoms with E-state index in [4.69, 9.17) is 22.1 Å². The number of carboxylic acid groups (broad SMARTS) is 1. The van der Waals surface area contributed by atoms with Crippen molar-refractivity contribution in [3.8, 4) is 5.75 Å². The van der Waals surface area contributed by atoms with Gasteiger partial charge in [0.15, 0.2) is 5.75 Å². The number of thiocarbonyl (C=S) groups is 1. The second-order valence-electron chi connectivity index (χ2n) is 8.08. The summed E-state index contributed by atoms with van der Waals surface area (Å²) in [4.78, 5) is 26.7. The Kier molecular flexibility index (Phi) is 7.50. The van der Waals surface area contributed by atoms with Crippen molar-refractivity contribution in [3.05, 3.63) is 71.0 Å². The van der Waals surface area contributed by atoms with Crippen LogP contribution in [0.4, 0.5) is 5.69 Å². The minimum Gasteiger partial charge on any atom is -0.748 e. The number of carboxylic acids is 1. The maximum Gasteiger partial charge on any atom is 0.323 e. The van der Waals surface area contributed by atoms with Gasteiger partial charge in [0, 0.05) is 17.7 Å². The molecule has 0 radical (unpaired) electrons. The van der Waals surface area contributed by atoms with Gasteiger partial charge in [0.2, 0.25) is 5.88 Å². The minimum atomic E-state index is -4.36. The predicted octanol–water partition coefficient (Wildman–Crippen LogP) is 3.59. The molecule has 0 bridgehead atoms. The molecule has 188 valence electrons. The first-order valence-electron chi connectivity index (χ1n) is 10.8. The van der Waals surface area contributed by atoms with Gasteiger partial charge in [0.1, 0.15) is 10.9 Å². The average molecular weight is 546 g/mol. The van der Waals surface area contributed by atoms with Crippen LogP contribution in [0, 0.1) is 0 Å². The number of benzene rings is 2. The van der Waals surface area contributed by atoms with Crippen molar-refractivity contribution in [1.29, 1.82) is 0 Å². The average Bonchev–Trinajstić information content (AvgIpc) is 3.29. The van der Waals surface area contributed by atoms with Gasteiger partial charge in [-0.1, -0.05) is 60.4 Å². The molecule has 0 atom stereocenters. The zero-order valence-electron chi connectivity index (χ0n) is 19.0. The van der Waals surface area contributed by atoms with Gasteiger partial charge in [-0.05, 0) is 42.5 Å². The van der Waals surface area contributed by atoms with E-state index < -0.39 is 34.3 Å². The Hall–Kier alpha value is -3.19. The number of nitrogens with zero attached hydrogens (tertiary/aromatic N) is 2. The maximum atomic E-state index is 12.5. The van der Waals surface area contributed by atoms with Gasteiger partial charge in [0.25, 0.3) is 5.91 Å². The van der Waals surface area contributed by atoms with Gasteiger partial charge in [-0.2, -0.15) is 0 Å². The molecule has 2 aromatic rings. The fourth-order valence-corrected chi connectivity index (χ4v) is 5.64. The third-order valence-corrected chi connectivity index (χ3v) is 7.57. The number of hydrogen-bond acceptors (Lipinski definition) is 9. The summed E-state index contributed by atoms with van der Waals surface area (Å²) in [6.07, 6.45) is 5.16. The lowest BCUT2D eigenvalue weighted by Crippen LogP contribution is -2.33. The molecule has 1 saturated heterocycles. The highest BCUT2D eigenvalue weighted by atomic mass is 32.2. The monoisotopic (exact) mass is 545 g/mol. The highest BCUT2D eigenvalue weighted by Crippen LogP contribution is 2.44. The summed E-state index contributed by atoms with van der Waals surface area (Å²) in [5.41, 5.74) is 1.47. The van der Waals surface area contributed by atoms with Crippen LogP contribution in [0.15, 0.2) is 71.0 Å². The van der Waals surface area contributed by atoms with Crippen LogP contribution in [-0.4, -0.2) is 58.0 Å². The van der Waals surface area contributed by atoms with Gasteiger partial charge in [-0.3, -0.25) is 14.5 Å². The first-order valence-corrected chi connectivity index (χ1v) is 13.6. The highest BCUT2D eigenvalue weighted by Gasteiger charge is 2.33. The molecule has 0 spiro atoms. The molecule has 0 aromatic heterocycles. The Bertz CT molecular complexity index is 1460. The van der Waals surface area contributed by atoms with Crippen LogP contribution in [-0.2, 0) is 19.7 Å². The van der Waals surface area contributed by atoms with Crippen LogP contribution in [0.2, 0.25) is 0 Å². The molecule has 9 nitrogen and oxygen atoms in total. The van der Waals surface area contributed by atoms with Crippen LogP contribution in [0.5, 0.6) is 5.75 Å². The van der Waals surface area contributed by atoms with Crippen molar-refractivity contribution in [3.63, 3.8) is 0 Å². The SMILES string of the molecule is CC(=C\C=C1/Oc2ccc3ccccc3c2N1CCCS(=O)(=O)[O-])/C=C1/SC(=S)N(CC(=O)O)C1=O. The van der Waals surface area contributed by atoms with Crippen molar-refractivity contribution in [1.82, 2.24) is 4.90 Å². The van der Waals surface area contributed by atoms with E-state index in [-0.39, 0.29) is 17.3 Å². The fraction of sp³-hybridized carbons (Fsp3) is 0.208. The number of hydrogen-bond donors (Lipinski definition) is 1. The number of anilines is 1. The Morgan fingerprint density at radius 3 is 2.69 bits per heavy atom. The summed E-state index contributed by atoms with van der Waals surface area (Å²) in [5, 5.41) is 10.9. The lowest BCUT2D eigenvalue weighted by molar-refractivity contribution is -0.140. The quantitative estimate of drug-likeness (QED) is 0.299. The summed E-state index contributed by atoms with van der Waals surface area (Å²) >= 11 is 6.15. The smallest absolute Gasteiger partial charge is 0.323 e. The van der Waals surface area contributed by atoms with Gasteiger partial charge in [-0.15, -0.1) is 0 Å². The normalized spacial score (nSPS) is 18.4. The third kappa shape index (κ3) is 5.78. The number of rotatable bonds is 8. The van der Waals surface area contributed by atoms with E-state index in [1.54, 1.807) is 25.2 Å². The van der Waals surface area contributed by atoms with Gasteiger partial charge in [-0.25, -0.2) is 8.42 Å². The molecular weight excluding hydrogens is 524 g/mol. The predicted molar refractivity (Wildman–Crippen MR) is 141 cm³/mol. The molecule has 4 rings (SSSR count). The van der Waals surface area contributed by atoms with Crippen molar-refractivity contribution < 1.29 is 32.4 Å². The molecule has 36 heavy (non-hydrogen) atoms. The first-order chi connectivity index (χ1) is 17.0. The Morgan fingerprint density at radius 2 is 1.97 bits per heavy atom. The second kappa shape index (κ2) is 10.4. The number of aliphatic carboxylic acids is 1. The van der Waals surface area contributed by atoms with Crippen LogP contribution in [0.3, 0.4) is 0 Å². The van der Waals surface area contributed by atoms with E-state index in [0.29, 0.717) is 22.1 Å². The molecule has 0 aliphatic carbocycles. The molecule has 1 fully saturated rings. The van der Waals surface area contributed by atoms with Crippen molar-refractivity contribution in [2.75, 3.05) is 23.7 Å². The lowest BCUT2D eigenvalue weighted by atomic mass is 10.1. The largest absolute Gasteiger partial charge is 0.748 e. The molecule has 0 saturated carbocycles. The molecule has 1 amide bonds. The summed E-state index contributed by atoms with van der Waals surface area (Å²) in [5.74, 6) is -1.07. The summed E-state index contributed by atoms with van der Waals surface area (Å²) in [7, 11) is -4.36. The van der Waals surface area contributed by atoms with Gasteiger partial charge < -0.3 is 19.3 Å². The standard InChI is InChI=1S/C24H22N2O7S3/c1-15(13-19-23(29)26(14-21(27)28)24(34)35-19)7-10-20-25(11-4-12-36(30,31)32)22-17-6-3-2-5-16(17)8-9-18(22)33-20/h2-3,5-10,13H,4,11-12,14H2,1H3,(H,27,28)(H,30,31,32)/p-1/b15-7+,19-13+,20-10-. The summed E-state index contributed by atoms with van der Waals surface area (Å²) in [6, 6.07) is 11.5. The number of carbonyl (C=O) groups excluding carboxylic acids is 1. The number of thioether (sulfide) groups is 1. The lowest BCUT2D eigenvalue weighted by Gasteiger charge is -2.20. The van der Waals surface area contributed by atoms with Crippen LogP contribution in [0.25, 0.3) is 10.8 Å². The Morgan fingerprint density at radius 1 is 1.22 bits per heavy atom. The van der Waals surface area contributed by atoms with Crippen LogP contribution >= 0.6 is 24.0 Å². The number of fused-ring (bicyclic) bond motifs is 3. The fourth-order valence-electron chi connectivity index (χ4n) is 3.85. The summed E-state index contributed by atoms with van der Waals surface area (Å²) in [6.45, 7) is 1.52. The third-order valence-electron chi connectivity index (χ3n) is 5.40. The topological polar surface area (TPSA) is 127 Å². The number of amides is 1. The van der Waals surface area contributed by atoms with Crippen molar-refractivity contribution >= 4 is 66.8 Å². The molecule has 1 N–H and O–H groups in total. The van der Waals surface area contributed by atoms with Crippen LogP contribution < -0.4 is 9.64 Å². The molecule has 2 aliphatic rings. The van der Waals surface area contributed by atoms with E-state index in [0.717, 1.165) is 33.1 Å². The van der Waals surface area contributed by atoms with E-state index in [2.05, 4.69) is 0 Å². The Balaban J connectivity index is 1.63. The molecule has 2 aromatic carbocycles. The highest BCUT2D eigenvalue weighted by molar-refractivity contribution is 8.26. The van der Waals surface area contributed by atoms with Crippen LogP contribution in [0.1, 0.15) is 13.3 Å². The maximum absolute atomic E-state index is 12.5. The zero-order chi connectivity index (χ0) is 26.0.